The first-order valence-electron chi connectivity index (χ1n) is 5.50. The van der Waals surface area contributed by atoms with Crippen molar-refractivity contribution in [1.82, 2.24) is 10.2 Å². The SMILES string of the molecule is CCCN1CC(C)(C)CNCC1C. The summed E-state index contributed by atoms with van der Waals surface area (Å²) in [5.74, 6) is 0. The summed E-state index contributed by atoms with van der Waals surface area (Å²) in [6, 6.07) is 0.696. The first kappa shape index (κ1) is 11.0. The van der Waals surface area contributed by atoms with E-state index in [-0.39, 0.29) is 0 Å². The maximum atomic E-state index is 3.53. The lowest BCUT2D eigenvalue weighted by molar-refractivity contribution is 0.166. The topological polar surface area (TPSA) is 15.3 Å². The lowest BCUT2D eigenvalue weighted by atomic mass is 9.93. The molecule has 1 N–H and O–H groups in total. The highest BCUT2D eigenvalue weighted by Crippen LogP contribution is 2.20. The Bertz CT molecular complexity index is 154. The van der Waals surface area contributed by atoms with E-state index in [2.05, 4.69) is 37.9 Å². The number of rotatable bonds is 2. The van der Waals surface area contributed by atoms with E-state index in [1.54, 1.807) is 0 Å². The van der Waals surface area contributed by atoms with Gasteiger partial charge in [-0.2, -0.15) is 0 Å². The van der Waals surface area contributed by atoms with Crippen LogP contribution >= 0.6 is 0 Å². The Morgan fingerprint density at radius 1 is 1.46 bits per heavy atom. The molecule has 0 amide bonds. The number of hydrogen-bond donors (Lipinski definition) is 1. The van der Waals surface area contributed by atoms with Crippen molar-refractivity contribution in [2.75, 3.05) is 26.2 Å². The zero-order chi connectivity index (χ0) is 9.90. The average molecular weight is 184 g/mol. The molecule has 1 aliphatic rings. The van der Waals surface area contributed by atoms with Crippen LogP contribution in [0.5, 0.6) is 0 Å². The second kappa shape index (κ2) is 4.43. The Morgan fingerprint density at radius 3 is 2.77 bits per heavy atom. The van der Waals surface area contributed by atoms with Crippen molar-refractivity contribution in [2.24, 2.45) is 5.41 Å². The predicted octanol–water partition coefficient (Wildman–Crippen LogP) is 1.72. The van der Waals surface area contributed by atoms with Crippen molar-refractivity contribution in [3.63, 3.8) is 0 Å². The highest BCUT2D eigenvalue weighted by atomic mass is 15.2. The van der Waals surface area contributed by atoms with Crippen LogP contribution in [0.25, 0.3) is 0 Å². The third-order valence-corrected chi connectivity index (χ3v) is 2.81. The molecule has 0 aromatic heterocycles. The predicted molar refractivity (Wildman–Crippen MR) is 58.0 cm³/mol. The highest BCUT2D eigenvalue weighted by Gasteiger charge is 2.27. The molecule has 0 spiro atoms. The van der Waals surface area contributed by atoms with Crippen LogP contribution in [0.15, 0.2) is 0 Å². The van der Waals surface area contributed by atoms with Crippen LogP contribution in [0.2, 0.25) is 0 Å². The second-order valence-corrected chi connectivity index (χ2v) is 5.11. The summed E-state index contributed by atoms with van der Waals surface area (Å²) in [6.07, 6.45) is 1.26. The van der Waals surface area contributed by atoms with Gasteiger partial charge in [-0.3, -0.25) is 4.90 Å². The summed E-state index contributed by atoms with van der Waals surface area (Å²) in [5, 5.41) is 3.53. The molecule has 1 saturated heterocycles. The zero-order valence-corrected chi connectivity index (χ0v) is 9.56. The Hall–Kier alpha value is -0.0800. The van der Waals surface area contributed by atoms with Gasteiger partial charge in [-0.25, -0.2) is 0 Å². The summed E-state index contributed by atoms with van der Waals surface area (Å²) in [5.41, 5.74) is 0.430. The quantitative estimate of drug-likeness (QED) is 0.703. The monoisotopic (exact) mass is 184 g/mol. The van der Waals surface area contributed by atoms with E-state index in [1.165, 1.54) is 19.5 Å². The molecule has 0 aromatic carbocycles. The fourth-order valence-corrected chi connectivity index (χ4v) is 2.10. The molecule has 0 aromatic rings. The van der Waals surface area contributed by atoms with Gasteiger partial charge in [0.2, 0.25) is 0 Å². The smallest absolute Gasteiger partial charge is 0.0192 e. The maximum absolute atomic E-state index is 3.53. The van der Waals surface area contributed by atoms with Crippen LogP contribution < -0.4 is 5.32 Å². The lowest BCUT2D eigenvalue weighted by Crippen LogP contribution is -2.40. The molecule has 1 rings (SSSR count). The summed E-state index contributed by atoms with van der Waals surface area (Å²) < 4.78 is 0. The lowest BCUT2D eigenvalue weighted by Gasteiger charge is -2.31. The van der Waals surface area contributed by atoms with Crippen molar-refractivity contribution in [1.29, 1.82) is 0 Å². The largest absolute Gasteiger partial charge is 0.315 e. The van der Waals surface area contributed by atoms with Crippen molar-refractivity contribution in [2.45, 2.75) is 40.2 Å². The van der Waals surface area contributed by atoms with Gasteiger partial charge >= 0.3 is 0 Å². The van der Waals surface area contributed by atoms with Crippen molar-refractivity contribution in [3.05, 3.63) is 0 Å². The van der Waals surface area contributed by atoms with E-state index in [9.17, 15) is 0 Å². The van der Waals surface area contributed by atoms with Crippen LogP contribution in [0.3, 0.4) is 0 Å². The van der Waals surface area contributed by atoms with Crippen molar-refractivity contribution < 1.29 is 0 Å². The fraction of sp³-hybridized carbons (Fsp3) is 1.00. The minimum atomic E-state index is 0.430. The number of nitrogens with one attached hydrogen (secondary N) is 1. The van der Waals surface area contributed by atoms with Gasteiger partial charge in [0, 0.05) is 25.7 Å². The van der Waals surface area contributed by atoms with E-state index in [0.717, 1.165) is 13.1 Å². The molecule has 1 aliphatic heterocycles. The molecule has 13 heavy (non-hydrogen) atoms. The van der Waals surface area contributed by atoms with E-state index in [0.29, 0.717) is 11.5 Å². The third-order valence-electron chi connectivity index (χ3n) is 2.81. The minimum absolute atomic E-state index is 0.430. The normalized spacial score (nSPS) is 30.0. The van der Waals surface area contributed by atoms with Crippen molar-refractivity contribution >= 4 is 0 Å². The molecule has 2 nitrogen and oxygen atoms in total. The molecule has 1 heterocycles. The van der Waals surface area contributed by atoms with Gasteiger partial charge in [-0.05, 0) is 25.3 Å². The van der Waals surface area contributed by atoms with Gasteiger partial charge in [0.1, 0.15) is 0 Å². The van der Waals surface area contributed by atoms with E-state index >= 15 is 0 Å². The first-order chi connectivity index (χ1) is 6.05. The molecular weight excluding hydrogens is 160 g/mol. The standard InChI is InChI=1S/C11H24N2/c1-5-6-13-9-11(3,4)8-12-7-10(13)2/h10,12H,5-9H2,1-4H3. The van der Waals surface area contributed by atoms with Gasteiger partial charge < -0.3 is 5.32 Å². The Kier molecular flexibility index (Phi) is 3.74. The molecule has 78 valence electrons. The molecule has 0 radical (unpaired) electrons. The van der Waals surface area contributed by atoms with Crippen LogP contribution in [0.4, 0.5) is 0 Å². The van der Waals surface area contributed by atoms with E-state index in [1.807, 2.05) is 0 Å². The summed E-state index contributed by atoms with van der Waals surface area (Å²) in [7, 11) is 0. The molecule has 1 fully saturated rings. The Labute approximate surface area is 82.7 Å². The second-order valence-electron chi connectivity index (χ2n) is 5.11. The molecule has 0 saturated carbocycles. The molecular formula is C11H24N2. The number of nitrogens with zero attached hydrogens (tertiary/aromatic N) is 1. The average Bonchev–Trinajstić information content (AvgIpc) is 2.12. The Morgan fingerprint density at radius 2 is 2.15 bits per heavy atom. The fourth-order valence-electron chi connectivity index (χ4n) is 2.10. The van der Waals surface area contributed by atoms with Crippen molar-refractivity contribution in [3.8, 4) is 0 Å². The molecule has 2 heteroatoms. The van der Waals surface area contributed by atoms with E-state index in [4.69, 9.17) is 0 Å². The maximum Gasteiger partial charge on any atom is 0.0192 e. The summed E-state index contributed by atoms with van der Waals surface area (Å²) in [4.78, 5) is 2.61. The van der Waals surface area contributed by atoms with Crippen LogP contribution in [-0.2, 0) is 0 Å². The van der Waals surface area contributed by atoms with Gasteiger partial charge in [0.05, 0.1) is 0 Å². The van der Waals surface area contributed by atoms with Crippen LogP contribution in [-0.4, -0.2) is 37.1 Å². The van der Waals surface area contributed by atoms with Crippen LogP contribution in [0.1, 0.15) is 34.1 Å². The molecule has 0 aliphatic carbocycles. The van der Waals surface area contributed by atoms with Gasteiger partial charge in [0.15, 0.2) is 0 Å². The minimum Gasteiger partial charge on any atom is -0.315 e. The summed E-state index contributed by atoms with van der Waals surface area (Å²) in [6.45, 7) is 14.0. The van der Waals surface area contributed by atoms with Gasteiger partial charge in [-0.1, -0.05) is 20.8 Å². The number of hydrogen-bond acceptors (Lipinski definition) is 2. The summed E-state index contributed by atoms with van der Waals surface area (Å²) >= 11 is 0. The molecule has 1 atom stereocenters. The third kappa shape index (κ3) is 3.28. The van der Waals surface area contributed by atoms with Gasteiger partial charge in [-0.15, -0.1) is 0 Å². The zero-order valence-electron chi connectivity index (χ0n) is 9.56. The van der Waals surface area contributed by atoms with E-state index < -0.39 is 0 Å². The molecule has 1 unspecified atom stereocenters. The highest BCUT2D eigenvalue weighted by molar-refractivity contribution is 4.84. The van der Waals surface area contributed by atoms with Gasteiger partial charge in [0.25, 0.3) is 0 Å². The molecule has 0 bridgehead atoms. The Balaban J connectivity index is 2.56. The van der Waals surface area contributed by atoms with Crippen LogP contribution in [0, 0.1) is 5.41 Å². The first-order valence-corrected chi connectivity index (χ1v) is 5.50.